The SMILES string of the molecule is Cc1nc(C(=O)NC2(Cc3ccc(Cl)cc3)CCOC2)c(C)o1. The Bertz CT molecular complexity index is 703. The Hall–Kier alpha value is -1.85. The van der Waals surface area contributed by atoms with Crippen LogP contribution in [0, 0.1) is 13.8 Å². The van der Waals surface area contributed by atoms with E-state index in [4.69, 9.17) is 20.8 Å². The van der Waals surface area contributed by atoms with Crippen LogP contribution in [-0.2, 0) is 11.2 Å². The molecule has 1 aromatic heterocycles. The lowest BCUT2D eigenvalue weighted by molar-refractivity contribution is 0.0871. The Morgan fingerprint density at radius 1 is 1.35 bits per heavy atom. The minimum Gasteiger partial charge on any atom is -0.445 e. The number of nitrogens with one attached hydrogen (secondary N) is 1. The maximum absolute atomic E-state index is 12.6. The van der Waals surface area contributed by atoms with E-state index in [1.807, 2.05) is 24.3 Å². The van der Waals surface area contributed by atoms with Crippen LogP contribution in [0.15, 0.2) is 28.7 Å². The van der Waals surface area contributed by atoms with Crippen molar-refractivity contribution in [1.82, 2.24) is 10.3 Å². The summed E-state index contributed by atoms with van der Waals surface area (Å²) < 4.78 is 10.9. The van der Waals surface area contributed by atoms with Crippen LogP contribution in [0.5, 0.6) is 0 Å². The zero-order valence-electron chi connectivity index (χ0n) is 13.2. The average molecular weight is 335 g/mol. The van der Waals surface area contributed by atoms with Gasteiger partial charge in [-0.2, -0.15) is 0 Å². The Morgan fingerprint density at radius 2 is 2.09 bits per heavy atom. The standard InChI is InChI=1S/C17H19ClN2O3/c1-11-15(19-12(2)23-11)16(21)20-17(7-8-22-10-17)9-13-3-5-14(18)6-4-13/h3-6H,7-10H2,1-2H3,(H,20,21). The highest BCUT2D eigenvalue weighted by atomic mass is 35.5. The van der Waals surface area contributed by atoms with Crippen molar-refractivity contribution in [1.29, 1.82) is 0 Å². The maximum Gasteiger partial charge on any atom is 0.274 e. The average Bonchev–Trinajstić information content (AvgIpc) is 3.08. The number of oxazole rings is 1. The summed E-state index contributed by atoms with van der Waals surface area (Å²) in [6, 6.07) is 7.65. The third-order valence-electron chi connectivity index (χ3n) is 4.06. The highest BCUT2D eigenvalue weighted by Gasteiger charge is 2.37. The van der Waals surface area contributed by atoms with Crippen molar-refractivity contribution in [3.63, 3.8) is 0 Å². The number of ether oxygens (including phenoxy) is 1. The van der Waals surface area contributed by atoms with Gasteiger partial charge in [-0.3, -0.25) is 4.79 Å². The molecule has 1 aliphatic heterocycles. The molecule has 1 aromatic carbocycles. The number of carbonyl (C=O) groups excluding carboxylic acids is 1. The highest BCUT2D eigenvalue weighted by molar-refractivity contribution is 6.30. The van der Waals surface area contributed by atoms with Crippen LogP contribution in [0.1, 0.15) is 34.1 Å². The number of amides is 1. The number of carbonyl (C=O) groups is 1. The first-order valence-electron chi connectivity index (χ1n) is 7.56. The molecule has 1 fully saturated rings. The van der Waals surface area contributed by atoms with E-state index in [0.29, 0.717) is 42.0 Å². The number of benzene rings is 1. The smallest absolute Gasteiger partial charge is 0.274 e. The summed E-state index contributed by atoms with van der Waals surface area (Å²) in [5.41, 5.74) is 1.02. The number of aromatic nitrogens is 1. The van der Waals surface area contributed by atoms with Gasteiger partial charge in [0, 0.05) is 18.6 Å². The molecule has 2 aromatic rings. The predicted molar refractivity (Wildman–Crippen MR) is 86.8 cm³/mol. The molecule has 1 N–H and O–H groups in total. The van der Waals surface area contributed by atoms with Crippen molar-refractivity contribution in [2.45, 2.75) is 32.2 Å². The topological polar surface area (TPSA) is 64.4 Å². The third-order valence-corrected chi connectivity index (χ3v) is 4.31. The lowest BCUT2D eigenvalue weighted by Gasteiger charge is -2.28. The molecular weight excluding hydrogens is 316 g/mol. The van der Waals surface area contributed by atoms with Crippen LogP contribution in [0.4, 0.5) is 0 Å². The molecule has 2 heterocycles. The fourth-order valence-corrected chi connectivity index (χ4v) is 3.05. The zero-order valence-corrected chi connectivity index (χ0v) is 13.9. The third kappa shape index (κ3) is 3.57. The fraction of sp³-hybridized carbons (Fsp3) is 0.412. The Kier molecular flexibility index (Phi) is 4.41. The molecule has 1 atom stereocenters. The van der Waals surface area contributed by atoms with E-state index >= 15 is 0 Å². The van der Waals surface area contributed by atoms with E-state index in [0.717, 1.165) is 12.0 Å². The number of halogens is 1. The molecule has 0 aliphatic carbocycles. The van der Waals surface area contributed by atoms with Gasteiger partial charge in [-0.1, -0.05) is 23.7 Å². The molecule has 0 bridgehead atoms. The van der Waals surface area contributed by atoms with Gasteiger partial charge in [0.25, 0.3) is 5.91 Å². The molecule has 1 saturated heterocycles. The van der Waals surface area contributed by atoms with E-state index in [1.54, 1.807) is 13.8 Å². The van der Waals surface area contributed by atoms with Gasteiger partial charge in [0.15, 0.2) is 11.6 Å². The molecule has 1 unspecified atom stereocenters. The van der Waals surface area contributed by atoms with Gasteiger partial charge in [-0.15, -0.1) is 0 Å². The van der Waals surface area contributed by atoms with Crippen molar-refractivity contribution in [2.24, 2.45) is 0 Å². The Morgan fingerprint density at radius 3 is 2.65 bits per heavy atom. The van der Waals surface area contributed by atoms with Crippen LogP contribution >= 0.6 is 11.6 Å². The van der Waals surface area contributed by atoms with Crippen molar-refractivity contribution >= 4 is 17.5 Å². The highest BCUT2D eigenvalue weighted by Crippen LogP contribution is 2.25. The summed E-state index contributed by atoms with van der Waals surface area (Å²) >= 11 is 5.93. The second-order valence-corrected chi connectivity index (χ2v) is 6.41. The first-order valence-corrected chi connectivity index (χ1v) is 7.94. The summed E-state index contributed by atoms with van der Waals surface area (Å²) in [6.45, 7) is 4.58. The minimum atomic E-state index is -0.426. The van der Waals surface area contributed by atoms with Gasteiger partial charge >= 0.3 is 0 Å². The van der Waals surface area contributed by atoms with Crippen molar-refractivity contribution in [3.8, 4) is 0 Å². The van der Waals surface area contributed by atoms with Gasteiger partial charge in [-0.25, -0.2) is 4.98 Å². The second-order valence-electron chi connectivity index (χ2n) is 5.98. The zero-order chi connectivity index (χ0) is 16.4. The van der Waals surface area contributed by atoms with Gasteiger partial charge < -0.3 is 14.5 Å². The van der Waals surface area contributed by atoms with Crippen LogP contribution < -0.4 is 5.32 Å². The van der Waals surface area contributed by atoms with E-state index in [-0.39, 0.29) is 5.91 Å². The quantitative estimate of drug-likeness (QED) is 0.933. The molecule has 0 spiro atoms. The summed E-state index contributed by atoms with van der Waals surface area (Å²) in [4.78, 5) is 16.7. The molecule has 122 valence electrons. The van der Waals surface area contributed by atoms with Crippen LogP contribution in [0.25, 0.3) is 0 Å². The summed E-state index contributed by atoms with van der Waals surface area (Å²) in [6.07, 6.45) is 1.45. The van der Waals surface area contributed by atoms with E-state index in [2.05, 4.69) is 10.3 Å². The molecule has 0 radical (unpaired) electrons. The first kappa shape index (κ1) is 16.0. The molecular formula is C17H19ClN2O3. The summed E-state index contributed by atoms with van der Waals surface area (Å²) in [5.74, 6) is 0.793. The lowest BCUT2D eigenvalue weighted by Crippen LogP contribution is -2.51. The second kappa shape index (κ2) is 6.34. The number of hydrogen-bond donors (Lipinski definition) is 1. The van der Waals surface area contributed by atoms with Crippen LogP contribution in [0.2, 0.25) is 5.02 Å². The largest absolute Gasteiger partial charge is 0.445 e. The molecule has 3 rings (SSSR count). The Balaban J connectivity index is 1.79. The van der Waals surface area contributed by atoms with Gasteiger partial charge in [0.2, 0.25) is 0 Å². The van der Waals surface area contributed by atoms with E-state index in [9.17, 15) is 4.79 Å². The van der Waals surface area contributed by atoms with Crippen molar-refractivity contribution < 1.29 is 13.9 Å². The molecule has 23 heavy (non-hydrogen) atoms. The van der Waals surface area contributed by atoms with E-state index in [1.165, 1.54) is 0 Å². The maximum atomic E-state index is 12.6. The fourth-order valence-electron chi connectivity index (χ4n) is 2.92. The number of rotatable bonds is 4. The Labute approximate surface area is 140 Å². The first-order chi connectivity index (χ1) is 11.0. The predicted octanol–water partition coefficient (Wildman–Crippen LogP) is 3.08. The van der Waals surface area contributed by atoms with Crippen molar-refractivity contribution in [2.75, 3.05) is 13.2 Å². The van der Waals surface area contributed by atoms with Crippen LogP contribution in [-0.4, -0.2) is 29.6 Å². The summed E-state index contributed by atoms with van der Waals surface area (Å²) in [7, 11) is 0. The van der Waals surface area contributed by atoms with Crippen molar-refractivity contribution in [3.05, 3.63) is 52.2 Å². The van der Waals surface area contributed by atoms with Gasteiger partial charge in [0.1, 0.15) is 5.76 Å². The molecule has 5 nitrogen and oxygen atoms in total. The molecule has 6 heteroatoms. The van der Waals surface area contributed by atoms with Gasteiger partial charge in [0.05, 0.1) is 12.1 Å². The monoisotopic (exact) mass is 334 g/mol. The van der Waals surface area contributed by atoms with Crippen LogP contribution in [0.3, 0.4) is 0 Å². The molecule has 0 saturated carbocycles. The van der Waals surface area contributed by atoms with Gasteiger partial charge in [-0.05, 0) is 37.5 Å². The number of nitrogens with zero attached hydrogens (tertiary/aromatic N) is 1. The number of aryl methyl sites for hydroxylation is 2. The lowest BCUT2D eigenvalue weighted by atomic mass is 9.89. The summed E-state index contributed by atoms with van der Waals surface area (Å²) in [5, 5.41) is 3.80. The molecule has 1 aliphatic rings. The van der Waals surface area contributed by atoms with E-state index < -0.39 is 5.54 Å². The number of hydrogen-bond acceptors (Lipinski definition) is 4. The molecule has 1 amide bonds. The minimum absolute atomic E-state index is 0.223. The normalized spacial score (nSPS) is 20.7.